The third kappa shape index (κ3) is 2.77. The molecule has 2 aromatic heterocycles. The number of rotatable bonds is 4. The van der Waals surface area contributed by atoms with Gasteiger partial charge in [0.2, 0.25) is 0 Å². The van der Waals surface area contributed by atoms with Gasteiger partial charge in [0.1, 0.15) is 0 Å². The van der Waals surface area contributed by atoms with E-state index < -0.39 is 0 Å². The van der Waals surface area contributed by atoms with Crippen LogP contribution in [0, 0.1) is 0 Å². The molecule has 0 spiro atoms. The Bertz CT molecular complexity index is 481. The molecule has 0 aliphatic heterocycles. The van der Waals surface area contributed by atoms with E-state index in [1.807, 2.05) is 22.9 Å². The Morgan fingerprint density at radius 3 is 2.69 bits per heavy atom. The van der Waals surface area contributed by atoms with Gasteiger partial charge in [0, 0.05) is 39.6 Å². The van der Waals surface area contributed by atoms with Crippen molar-refractivity contribution in [1.29, 1.82) is 0 Å². The standard InChI is InChI=1S/C12H10BrNOS/c13-11-8-16-7-10(11)12(15)2-1-9-3-5-14-6-4-9/h3-8H,1-2H2. The van der Waals surface area contributed by atoms with Crippen LogP contribution in [0.25, 0.3) is 0 Å². The fourth-order valence-corrected chi connectivity index (χ4v) is 2.94. The molecule has 2 aromatic rings. The molecule has 0 fully saturated rings. The fraction of sp³-hybridized carbons (Fsp3) is 0.167. The van der Waals surface area contributed by atoms with Crippen LogP contribution in [0.15, 0.2) is 39.8 Å². The van der Waals surface area contributed by atoms with Gasteiger partial charge in [-0.15, -0.1) is 0 Å². The SMILES string of the molecule is O=C(CCc1ccncc1)c1cscc1Br. The summed E-state index contributed by atoms with van der Waals surface area (Å²) in [7, 11) is 0. The summed E-state index contributed by atoms with van der Waals surface area (Å²) in [6.45, 7) is 0. The van der Waals surface area contributed by atoms with Crippen LogP contribution in [-0.2, 0) is 6.42 Å². The molecule has 0 radical (unpaired) electrons. The summed E-state index contributed by atoms with van der Waals surface area (Å²) in [6, 6.07) is 3.88. The number of halogens is 1. The third-order valence-corrected chi connectivity index (χ3v) is 4.01. The van der Waals surface area contributed by atoms with Crippen LogP contribution in [0.2, 0.25) is 0 Å². The summed E-state index contributed by atoms with van der Waals surface area (Å²) >= 11 is 4.91. The van der Waals surface area contributed by atoms with Crippen LogP contribution >= 0.6 is 27.3 Å². The maximum absolute atomic E-state index is 11.9. The van der Waals surface area contributed by atoms with Crippen molar-refractivity contribution in [2.24, 2.45) is 0 Å². The van der Waals surface area contributed by atoms with Gasteiger partial charge < -0.3 is 0 Å². The van der Waals surface area contributed by atoms with Gasteiger partial charge in [-0.05, 0) is 40.0 Å². The maximum atomic E-state index is 11.9. The second-order valence-corrected chi connectivity index (χ2v) is 5.01. The zero-order valence-corrected chi connectivity index (χ0v) is 10.9. The number of carbonyl (C=O) groups is 1. The highest BCUT2D eigenvalue weighted by molar-refractivity contribution is 9.10. The van der Waals surface area contributed by atoms with Crippen molar-refractivity contribution in [3.8, 4) is 0 Å². The number of hydrogen-bond donors (Lipinski definition) is 0. The normalized spacial score (nSPS) is 10.3. The molecule has 0 atom stereocenters. The van der Waals surface area contributed by atoms with Crippen LogP contribution in [-0.4, -0.2) is 10.8 Å². The highest BCUT2D eigenvalue weighted by Gasteiger charge is 2.10. The lowest BCUT2D eigenvalue weighted by molar-refractivity contribution is 0.0982. The molecular weight excluding hydrogens is 286 g/mol. The van der Waals surface area contributed by atoms with Crippen LogP contribution in [0.3, 0.4) is 0 Å². The molecular formula is C12H10BrNOS. The topological polar surface area (TPSA) is 30.0 Å². The lowest BCUT2D eigenvalue weighted by Gasteiger charge is -2.00. The monoisotopic (exact) mass is 295 g/mol. The highest BCUT2D eigenvalue weighted by Crippen LogP contribution is 2.23. The number of aromatic nitrogens is 1. The smallest absolute Gasteiger partial charge is 0.165 e. The summed E-state index contributed by atoms with van der Waals surface area (Å²) in [5.74, 6) is 0.185. The fourth-order valence-electron chi connectivity index (χ4n) is 1.42. The second kappa shape index (κ2) is 5.37. The summed E-state index contributed by atoms with van der Waals surface area (Å²) in [5.41, 5.74) is 1.94. The van der Waals surface area contributed by atoms with E-state index in [4.69, 9.17) is 0 Å². The number of Topliss-reactive ketones (excluding diaryl/α,β-unsaturated/α-hetero) is 1. The first kappa shape index (κ1) is 11.5. The Kier molecular flexibility index (Phi) is 3.85. The van der Waals surface area contributed by atoms with Gasteiger partial charge in [0.05, 0.1) is 0 Å². The molecule has 16 heavy (non-hydrogen) atoms. The molecule has 0 N–H and O–H groups in total. The minimum atomic E-state index is 0.185. The van der Waals surface area contributed by atoms with Gasteiger partial charge in [-0.1, -0.05) is 0 Å². The summed E-state index contributed by atoms with van der Waals surface area (Å²) in [6.07, 6.45) is 4.81. The van der Waals surface area contributed by atoms with Crippen molar-refractivity contribution in [3.05, 3.63) is 50.9 Å². The van der Waals surface area contributed by atoms with E-state index in [-0.39, 0.29) is 5.78 Å². The molecule has 0 saturated heterocycles. The van der Waals surface area contributed by atoms with E-state index in [2.05, 4.69) is 20.9 Å². The first-order chi connectivity index (χ1) is 7.77. The van der Waals surface area contributed by atoms with Crippen molar-refractivity contribution in [2.45, 2.75) is 12.8 Å². The Morgan fingerprint density at radius 2 is 2.06 bits per heavy atom. The quantitative estimate of drug-likeness (QED) is 0.805. The van der Waals surface area contributed by atoms with Crippen molar-refractivity contribution < 1.29 is 4.79 Å². The largest absolute Gasteiger partial charge is 0.294 e. The minimum absolute atomic E-state index is 0.185. The molecule has 0 unspecified atom stereocenters. The van der Waals surface area contributed by atoms with E-state index in [1.165, 1.54) is 11.3 Å². The molecule has 2 rings (SSSR count). The number of aryl methyl sites for hydroxylation is 1. The molecule has 4 heteroatoms. The molecule has 0 amide bonds. The number of pyridine rings is 1. The average Bonchev–Trinajstić information content (AvgIpc) is 2.74. The van der Waals surface area contributed by atoms with E-state index in [0.29, 0.717) is 6.42 Å². The lowest BCUT2D eigenvalue weighted by atomic mass is 10.1. The molecule has 0 aromatic carbocycles. The van der Waals surface area contributed by atoms with Gasteiger partial charge >= 0.3 is 0 Å². The molecule has 2 nitrogen and oxygen atoms in total. The number of ketones is 1. The maximum Gasteiger partial charge on any atom is 0.165 e. The minimum Gasteiger partial charge on any atom is -0.294 e. The summed E-state index contributed by atoms with van der Waals surface area (Å²) in [5, 5.41) is 3.82. The molecule has 0 aliphatic carbocycles. The van der Waals surface area contributed by atoms with E-state index in [1.54, 1.807) is 12.4 Å². The first-order valence-electron chi connectivity index (χ1n) is 4.91. The van der Waals surface area contributed by atoms with E-state index >= 15 is 0 Å². The van der Waals surface area contributed by atoms with Gasteiger partial charge in [-0.2, -0.15) is 11.3 Å². The number of nitrogens with zero attached hydrogens (tertiary/aromatic N) is 1. The Morgan fingerprint density at radius 1 is 1.31 bits per heavy atom. The summed E-state index contributed by atoms with van der Waals surface area (Å²) in [4.78, 5) is 15.8. The van der Waals surface area contributed by atoms with Crippen LogP contribution in [0.1, 0.15) is 22.3 Å². The summed E-state index contributed by atoms with van der Waals surface area (Å²) < 4.78 is 0.900. The van der Waals surface area contributed by atoms with Crippen LogP contribution in [0.4, 0.5) is 0 Å². The lowest BCUT2D eigenvalue weighted by Crippen LogP contribution is -2.00. The van der Waals surface area contributed by atoms with Crippen molar-refractivity contribution in [1.82, 2.24) is 4.98 Å². The van der Waals surface area contributed by atoms with Crippen molar-refractivity contribution in [3.63, 3.8) is 0 Å². The van der Waals surface area contributed by atoms with Crippen LogP contribution in [0.5, 0.6) is 0 Å². The van der Waals surface area contributed by atoms with Gasteiger partial charge in [0.15, 0.2) is 5.78 Å². The molecule has 2 heterocycles. The molecule has 82 valence electrons. The molecule has 0 saturated carbocycles. The second-order valence-electron chi connectivity index (χ2n) is 3.41. The highest BCUT2D eigenvalue weighted by atomic mass is 79.9. The Hall–Kier alpha value is -1.00. The predicted molar refractivity (Wildman–Crippen MR) is 68.9 cm³/mol. The van der Waals surface area contributed by atoms with Crippen molar-refractivity contribution >= 4 is 33.0 Å². The molecule has 0 aliphatic rings. The number of hydrogen-bond acceptors (Lipinski definition) is 3. The van der Waals surface area contributed by atoms with Crippen LogP contribution < -0.4 is 0 Å². The first-order valence-corrected chi connectivity index (χ1v) is 6.65. The third-order valence-electron chi connectivity index (χ3n) is 2.31. The van der Waals surface area contributed by atoms with E-state index in [0.717, 1.165) is 22.0 Å². The Balaban J connectivity index is 1.97. The van der Waals surface area contributed by atoms with Gasteiger partial charge in [-0.25, -0.2) is 0 Å². The zero-order chi connectivity index (χ0) is 11.4. The zero-order valence-electron chi connectivity index (χ0n) is 8.52. The van der Waals surface area contributed by atoms with Crippen molar-refractivity contribution in [2.75, 3.05) is 0 Å². The predicted octanol–water partition coefficient (Wildman–Crippen LogP) is 3.72. The average molecular weight is 296 g/mol. The number of thiophene rings is 1. The Labute approximate surface area is 106 Å². The van der Waals surface area contributed by atoms with E-state index in [9.17, 15) is 4.79 Å². The van der Waals surface area contributed by atoms with Gasteiger partial charge in [0.25, 0.3) is 0 Å². The van der Waals surface area contributed by atoms with Gasteiger partial charge in [-0.3, -0.25) is 9.78 Å². The number of carbonyl (C=O) groups excluding carboxylic acids is 1. The molecule has 0 bridgehead atoms.